The fourth-order valence-electron chi connectivity index (χ4n) is 3.07. The number of nitrogens with one attached hydrogen (secondary N) is 2. The second kappa shape index (κ2) is 9.40. The van der Waals surface area contributed by atoms with E-state index in [0.29, 0.717) is 28.4 Å². The summed E-state index contributed by atoms with van der Waals surface area (Å²) in [6.45, 7) is 9.39. The quantitative estimate of drug-likeness (QED) is 0.539. The number of hydrogen-bond acceptors (Lipinski definition) is 5. The highest BCUT2D eigenvalue weighted by Crippen LogP contribution is 2.25. The molecule has 2 N–H and O–H groups in total. The van der Waals surface area contributed by atoms with Crippen molar-refractivity contribution in [2.24, 2.45) is 0 Å². The Bertz CT molecular complexity index is 1220. The molecule has 8 heteroatoms. The van der Waals surface area contributed by atoms with E-state index >= 15 is 0 Å². The van der Waals surface area contributed by atoms with Gasteiger partial charge in [-0.15, -0.1) is 0 Å². The van der Waals surface area contributed by atoms with Gasteiger partial charge in [-0.2, -0.15) is 0 Å². The Labute approximate surface area is 188 Å². The lowest BCUT2D eigenvalue weighted by molar-refractivity contribution is 0.0942. The predicted molar refractivity (Wildman–Crippen MR) is 125 cm³/mol. The van der Waals surface area contributed by atoms with Crippen molar-refractivity contribution in [2.75, 3.05) is 4.72 Å². The van der Waals surface area contributed by atoms with Gasteiger partial charge in [0.15, 0.2) is 0 Å². The molecule has 0 aliphatic carbocycles. The lowest BCUT2D eigenvalue weighted by atomic mass is 10.1. The average molecular weight is 454 g/mol. The van der Waals surface area contributed by atoms with Crippen LogP contribution in [0.1, 0.15) is 40.9 Å². The summed E-state index contributed by atoms with van der Waals surface area (Å²) >= 11 is 0. The van der Waals surface area contributed by atoms with Gasteiger partial charge in [0.2, 0.25) is 5.88 Å². The third-order valence-electron chi connectivity index (χ3n) is 4.83. The van der Waals surface area contributed by atoms with Crippen LogP contribution in [0, 0.1) is 20.8 Å². The highest BCUT2D eigenvalue weighted by molar-refractivity contribution is 7.92. The van der Waals surface area contributed by atoms with Crippen molar-refractivity contribution in [3.8, 4) is 11.6 Å². The first-order valence-corrected chi connectivity index (χ1v) is 11.7. The Morgan fingerprint density at radius 1 is 0.938 bits per heavy atom. The minimum Gasteiger partial charge on any atom is -0.439 e. The maximum atomic E-state index is 12.8. The maximum absolute atomic E-state index is 12.8. The Morgan fingerprint density at radius 2 is 1.59 bits per heavy atom. The topological polar surface area (TPSA) is 97.4 Å². The molecule has 0 aliphatic rings. The van der Waals surface area contributed by atoms with Crippen LogP contribution in [0.2, 0.25) is 0 Å². The second-order valence-electron chi connectivity index (χ2n) is 7.95. The fraction of sp³-hybridized carbons (Fsp3) is 0.250. The van der Waals surface area contributed by atoms with E-state index in [0.717, 1.165) is 11.1 Å². The van der Waals surface area contributed by atoms with Crippen LogP contribution in [0.25, 0.3) is 0 Å². The molecule has 2 aromatic carbocycles. The SMILES string of the molecule is Cc1cc(C)c(S(=O)(=O)Nc2ccc(Oc3ccc(C(=O)NC(C)C)cn3)cc2)cc1C. The molecular formula is C24H27N3O4S. The van der Waals surface area contributed by atoms with E-state index in [-0.39, 0.29) is 16.8 Å². The number of hydrogen-bond donors (Lipinski definition) is 2. The van der Waals surface area contributed by atoms with Crippen molar-refractivity contribution in [3.63, 3.8) is 0 Å². The molecule has 0 spiro atoms. The van der Waals surface area contributed by atoms with Crippen LogP contribution in [0.3, 0.4) is 0 Å². The molecule has 0 saturated heterocycles. The van der Waals surface area contributed by atoms with Gasteiger partial charge in [-0.1, -0.05) is 6.07 Å². The van der Waals surface area contributed by atoms with Gasteiger partial charge in [0.25, 0.3) is 15.9 Å². The molecule has 0 bridgehead atoms. The molecule has 3 aromatic rings. The van der Waals surface area contributed by atoms with Gasteiger partial charge < -0.3 is 10.1 Å². The standard InChI is InChI=1S/C24H27N3O4S/c1-15(2)26-24(28)19-6-11-23(25-14-19)31-21-9-7-20(8-10-21)27-32(29,30)22-13-17(4)16(3)12-18(22)5/h6-15,27H,1-5H3,(H,26,28). The predicted octanol–water partition coefficient (Wildman–Crippen LogP) is 4.74. The highest BCUT2D eigenvalue weighted by atomic mass is 32.2. The number of sulfonamides is 1. The molecule has 1 aromatic heterocycles. The number of aryl methyl sites for hydroxylation is 3. The number of anilines is 1. The summed E-state index contributed by atoms with van der Waals surface area (Å²) in [7, 11) is -3.72. The molecule has 0 aliphatic heterocycles. The molecule has 0 fully saturated rings. The van der Waals surface area contributed by atoms with E-state index in [1.54, 1.807) is 49.4 Å². The number of pyridine rings is 1. The van der Waals surface area contributed by atoms with Crippen LogP contribution in [0.15, 0.2) is 59.6 Å². The molecule has 3 rings (SSSR count). The summed E-state index contributed by atoms with van der Waals surface area (Å²) in [5, 5.41) is 2.80. The third-order valence-corrected chi connectivity index (χ3v) is 6.35. The second-order valence-corrected chi connectivity index (χ2v) is 9.60. The minimum absolute atomic E-state index is 0.0355. The zero-order chi connectivity index (χ0) is 23.5. The van der Waals surface area contributed by atoms with Gasteiger partial charge in [-0.3, -0.25) is 9.52 Å². The van der Waals surface area contributed by atoms with E-state index in [1.807, 2.05) is 33.8 Å². The molecule has 0 saturated carbocycles. The molecule has 1 amide bonds. The van der Waals surface area contributed by atoms with E-state index in [4.69, 9.17) is 4.74 Å². The Kier molecular flexibility index (Phi) is 6.84. The third kappa shape index (κ3) is 5.64. The number of carbonyl (C=O) groups excluding carboxylic acids is 1. The molecule has 7 nitrogen and oxygen atoms in total. The first-order chi connectivity index (χ1) is 15.0. The maximum Gasteiger partial charge on any atom is 0.262 e. The molecule has 0 unspecified atom stereocenters. The smallest absolute Gasteiger partial charge is 0.262 e. The molecule has 168 valence electrons. The minimum atomic E-state index is -3.72. The van der Waals surface area contributed by atoms with Crippen LogP contribution in [0.5, 0.6) is 11.6 Å². The number of aromatic nitrogens is 1. The summed E-state index contributed by atoms with van der Waals surface area (Å²) in [5.41, 5.74) is 3.52. The number of amides is 1. The highest BCUT2D eigenvalue weighted by Gasteiger charge is 2.18. The Morgan fingerprint density at radius 3 is 2.19 bits per heavy atom. The Hall–Kier alpha value is -3.39. The summed E-state index contributed by atoms with van der Waals surface area (Å²) in [4.78, 5) is 16.4. The number of ether oxygens (including phenoxy) is 1. The van der Waals surface area contributed by atoms with E-state index in [2.05, 4.69) is 15.0 Å². The normalized spacial score (nSPS) is 11.3. The summed E-state index contributed by atoms with van der Waals surface area (Å²) in [6.07, 6.45) is 1.45. The van der Waals surface area contributed by atoms with Crippen molar-refractivity contribution in [1.82, 2.24) is 10.3 Å². The summed E-state index contributed by atoms with van der Waals surface area (Å²) < 4.78 is 34.0. The Balaban J connectivity index is 1.69. The molecule has 0 radical (unpaired) electrons. The van der Waals surface area contributed by atoms with Gasteiger partial charge in [-0.25, -0.2) is 13.4 Å². The van der Waals surface area contributed by atoms with Crippen LogP contribution < -0.4 is 14.8 Å². The van der Waals surface area contributed by atoms with Gasteiger partial charge in [0, 0.05) is 24.0 Å². The van der Waals surface area contributed by atoms with Gasteiger partial charge in [0.1, 0.15) is 5.75 Å². The monoisotopic (exact) mass is 453 g/mol. The van der Waals surface area contributed by atoms with Gasteiger partial charge in [0.05, 0.1) is 10.5 Å². The largest absolute Gasteiger partial charge is 0.439 e. The number of carbonyl (C=O) groups is 1. The molecule has 32 heavy (non-hydrogen) atoms. The lowest BCUT2D eigenvalue weighted by Crippen LogP contribution is -2.30. The first-order valence-electron chi connectivity index (χ1n) is 10.2. The number of nitrogens with zero attached hydrogens (tertiary/aromatic N) is 1. The van der Waals surface area contributed by atoms with Crippen molar-refractivity contribution >= 4 is 21.6 Å². The van der Waals surface area contributed by atoms with Crippen LogP contribution in [0.4, 0.5) is 5.69 Å². The van der Waals surface area contributed by atoms with E-state index in [9.17, 15) is 13.2 Å². The van der Waals surface area contributed by atoms with Crippen LogP contribution in [-0.4, -0.2) is 25.4 Å². The number of benzene rings is 2. The molecule has 0 atom stereocenters. The zero-order valence-electron chi connectivity index (χ0n) is 18.8. The average Bonchev–Trinajstić information content (AvgIpc) is 2.72. The van der Waals surface area contributed by atoms with Crippen molar-refractivity contribution in [1.29, 1.82) is 0 Å². The van der Waals surface area contributed by atoms with E-state index in [1.165, 1.54) is 6.20 Å². The summed E-state index contributed by atoms with van der Waals surface area (Å²) in [5.74, 6) is 0.613. The van der Waals surface area contributed by atoms with Crippen molar-refractivity contribution in [3.05, 3.63) is 77.0 Å². The first kappa shape index (κ1) is 23.3. The van der Waals surface area contributed by atoms with Crippen LogP contribution in [-0.2, 0) is 10.0 Å². The van der Waals surface area contributed by atoms with Crippen molar-refractivity contribution in [2.45, 2.75) is 45.6 Å². The van der Waals surface area contributed by atoms with Gasteiger partial charge >= 0.3 is 0 Å². The molecular weight excluding hydrogens is 426 g/mol. The zero-order valence-corrected chi connectivity index (χ0v) is 19.6. The lowest BCUT2D eigenvalue weighted by Gasteiger charge is -2.13. The molecule has 1 heterocycles. The van der Waals surface area contributed by atoms with Crippen molar-refractivity contribution < 1.29 is 17.9 Å². The van der Waals surface area contributed by atoms with Crippen LogP contribution >= 0.6 is 0 Å². The summed E-state index contributed by atoms with van der Waals surface area (Å²) in [6, 6.07) is 13.4. The van der Waals surface area contributed by atoms with E-state index < -0.39 is 10.0 Å². The van der Waals surface area contributed by atoms with Gasteiger partial charge in [-0.05, 0) is 87.7 Å². The fourth-order valence-corrected chi connectivity index (χ4v) is 4.44. The number of rotatable bonds is 7.